The van der Waals surface area contributed by atoms with Crippen molar-refractivity contribution in [2.45, 2.75) is 446 Å². The summed E-state index contributed by atoms with van der Waals surface area (Å²) >= 11 is 0. The van der Waals surface area contributed by atoms with Crippen LogP contribution in [0.3, 0.4) is 0 Å². The topological polar surface area (TPSA) is 237 Å². The van der Waals surface area contributed by atoms with E-state index in [-0.39, 0.29) is 25.7 Å². The van der Waals surface area contributed by atoms with Gasteiger partial charge in [-0.05, 0) is 43.4 Å². The fourth-order valence-corrected chi connectivity index (χ4v) is 14.2. The summed E-state index contributed by atoms with van der Waals surface area (Å²) in [6, 6.07) is 0. The molecule has 17 nitrogen and oxygen atoms in total. The number of rotatable bonds is 80. The highest BCUT2D eigenvalue weighted by Crippen LogP contribution is 2.45. The Morgan fingerprint density at radius 1 is 0.267 bits per heavy atom. The van der Waals surface area contributed by atoms with E-state index in [2.05, 4.69) is 48.5 Å². The minimum absolute atomic E-state index is 0.105. The van der Waals surface area contributed by atoms with Crippen molar-refractivity contribution in [2.75, 3.05) is 39.6 Å². The Labute approximate surface area is 619 Å². The van der Waals surface area contributed by atoms with Crippen LogP contribution >= 0.6 is 15.6 Å². The number of phosphoric ester groups is 2. The Morgan fingerprint density at radius 3 is 0.673 bits per heavy atom. The number of hydrogen-bond donors (Lipinski definition) is 3. The number of esters is 4. The molecular formula is C82H160O17P2. The first-order valence-corrected chi connectivity index (χ1v) is 45.3. The average molecular weight is 1480 g/mol. The summed E-state index contributed by atoms with van der Waals surface area (Å²) in [7, 11) is -9.92. The predicted octanol–water partition coefficient (Wildman–Crippen LogP) is 24.5. The van der Waals surface area contributed by atoms with E-state index in [4.69, 9.17) is 37.0 Å². The second-order valence-electron chi connectivity index (χ2n) is 30.9. The van der Waals surface area contributed by atoms with Crippen LogP contribution in [0.15, 0.2) is 0 Å². The summed E-state index contributed by atoms with van der Waals surface area (Å²) in [4.78, 5) is 73.1. The normalized spacial score (nSPS) is 14.0. The first-order valence-electron chi connectivity index (χ1n) is 42.3. The molecule has 0 saturated heterocycles. The molecule has 0 aliphatic carbocycles. The first-order chi connectivity index (χ1) is 48.7. The zero-order valence-corrected chi connectivity index (χ0v) is 68.2. The van der Waals surface area contributed by atoms with Gasteiger partial charge in [-0.2, -0.15) is 0 Å². The Hall–Kier alpha value is -1.94. The van der Waals surface area contributed by atoms with Crippen molar-refractivity contribution >= 4 is 39.5 Å². The predicted molar refractivity (Wildman–Crippen MR) is 414 cm³/mol. The van der Waals surface area contributed by atoms with Crippen molar-refractivity contribution in [2.24, 2.45) is 17.8 Å². The van der Waals surface area contributed by atoms with Crippen molar-refractivity contribution < 1.29 is 80.2 Å². The summed E-state index contributed by atoms with van der Waals surface area (Å²) < 4.78 is 68.7. The second-order valence-corrected chi connectivity index (χ2v) is 33.8. The molecular weight excluding hydrogens is 1320 g/mol. The van der Waals surface area contributed by atoms with E-state index in [0.717, 1.165) is 108 Å². The number of carbonyl (C=O) groups excluding carboxylic acids is 4. The van der Waals surface area contributed by atoms with E-state index in [1.165, 1.54) is 238 Å². The molecule has 3 N–H and O–H groups in total. The van der Waals surface area contributed by atoms with E-state index < -0.39 is 97.5 Å². The van der Waals surface area contributed by atoms with E-state index in [1.54, 1.807) is 0 Å². The quantitative estimate of drug-likeness (QED) is 0.0222. The summed E-state index contributed by atoms with van der Waals surface area (Å²) in [5.41, 5.74) is 0. The molecule has 5 atom stereocenters. The van der Waals surface area contributed by atoms with Gasteiger partial charge in [-0.3, -0.25) is 37.3 Å². The molecule has 0 fully saturated rings. The fraction of sp³-hybridized carbons (Fsp3) is 0.951. The first kappa shape index (κ1) is 99.1. The largest absolute Gasteiger partial charge is 0.472 e. The molecule has 0 amide bonds. The van der Waals surface area contributed by atoms with Crippen LogP contribution in [0.5, 0.6) is 0 Å². The van der Waals surface area contributed by atoms with Crippen molar-refractivity contribution in [1.29, 1.82) is 0 Å². The van der Waals surface area contributed by atoms with Crippen LogP contribution in [0.25, 0.3) is 0 Å². The third kappa shape index (κ3) is 76.1. The lowest BCUT2D eigenvalue weighted by Crippen LogP contribution is -2.30. The summed E-state index contributed by atoms with van der Waals surface area (Å²) in [5.74, 6) is 0.158. The molecule has 0 saturated carbocycles. The van der Waals surface area contributed by atoms with E-state index >= 15 is 0 Å². The monoisotopic (exact) mass is 1480 g/mol. The minimum Gasteiger partial charge on any atom is -0.462 e. The molecule has 0 aliphatic rings. The van der Waals surface area contributed by atoms with Gasteiger partial charge in [0, 0.05) is 25.7 Å². The van der Waals surface area contributed by atoms with Crippen molar-refractivity contribution in [3.05, 3.63) is 0 Å². The standard InChI is InChI=1S/C82H160O17P2/c1-8-9-10-11-12-13-14-15-16-17-18-19-20-21-22-25-29-35-44-51-58-65-81(86)98-77(69-92-79(84)63-56-49-42-34-28-26-23-24-27-32-39-46-53-60-73(2)3)71-96-100(88,89)94-67-76(83)68-95-101(90,91)97-72-78(70-93-80(85)64-57-50-43-38-37-41-48-55-62-75(6)7)99-82(87)66-59-52-45-36-31-30-33-40-47-54-61-74(4)5/h73-78,83H,8-72H2,1-7H3,(H,88,89)(H,90,91)/t76-,77-,78-/m1/s1. The lowest BCUT2D eigenvalue weighted by molar-refractivity contribution is -0.161. The van der Waals surface area contributed by atoms with Crippen LogP contribution in [0.1, 0.15) is 427 Å². The van der Waals surface area contributed by atoms with Gasteiger partial charge in [-0.25, -0.2) is 9.13 Å². The van der Waals surface area contributed by atoms with Gasteiger partial charge in [-0.15, -0.1) is 0 Å². The zero-order valence-electron chi connectivity index (χ0n) is 66.4. The maximum absolute atomic E-state index is 13.1. The van der Waals surface area contributed by atoms with Gasteiger partial charge in [-0.1, -0.05) is 376 Å². The molecule has 600 valence electrons. The van der Waals surface area contributed by atoms with Gasteiger partial charge in [0.2, 0.25) is 0 Å². The molecule has 2 unspecified atom stereocenters. The highest BCUT2D eigenvalue weighted by molar-refractivity contribution is 7.47. The lowest BCUT2D eigenvalue weighted by Gasteiger charge is -2.21. The Balaban J connectivity index is 5.23. The van der Waals surface area contributed by atoms with Gasteiger partial charge >= 0.3 is 39.5 Å². The van der Waals surface area contributed by atoms with Gasteiger partial charge in [0.05, 0.1) is 26.4 Å². The molecule has 101 heavy (non-hydrogen) atoms. The van der Waals surface area contributed by atoms with Crippen LogP contribution in [0.2, 0.25) is 0 Å². The average Bonchev–Trinajstić information content (AvgIpc) is 0.933. The number of ether oxygens (including phenoxy) is 4. The second kappa shape index (κ2) is 72.3. The van der Waals surface area contributed by atoms with E-state index in [9.17, 15) is 43.2 Å². The van der Waals surface area contributed by atoms with Gasteiger partial charge in [0.1, 0.15) is 19.3 Å². The maximum atomic E-state index is 13.1. The van der Waals surface area contributed by atoms with Crippen LogP contribution < -0.4 is 0 Å². The molecule has 0 radical (unpaired) electrons. The SMILES string of the molecule is CCCCCCCCCCCCCCCCCCCCCCCC(=O)O[C@H](COC(=O)CCCCCCCCCCCCCCCC(C)C)COP(=O)(O)OC[C@@H](O)COP(=O)(O)OC[C@@H](COC(=O)CCCCCCCCCCC(C)C)OC(=O)CCCCCCCCCCCCC(C)C. The third-order valence-corrected chi connectivity index (χ3v) is 21.0. The molecule has 0 aromatic carbocycles. The molecule has 0 aromatic rings. The number of phosphoric acid groups is 2. The van der Waals surface area contributed by atoms with Crippen LogP contribution in [0, 0.1) is 17.8 Å². The summed E-state index contributed by atoms with van der Waals surface area (Å²) in [6.45, 7) is 11.9. The van der Waals surface area contributed by atoms with Crippen LogP contribution in [-0.2, 0) is 65.4 Å². The number of carbonyl (C=O) groups is 4. The van der Waals surface area contributed by atoms with Gasteiger partial charge in [0.25, 0.3) is 0 Å². The van der Waals surface area contributed by atoms with Crippen molar-refractivity contribution in [3.63, 3.8) is 0 Å². The maximum Gasteiger partial charge on any atom is 0.472 e. The summed E-state index contributed by atoms with van der Waals surface area (Å²) in [5, 5.41) is 10.6. The lowest BCUT2D eigenvalue weighted by atomic mass is 10.0. The van der Waals surface area contributed by atoms with Crippen LogP contribution in [0.4, 0.5) is 0 Å². The third-order valence-electron chi connectivity index (χ3n) is 19.1. The number of aliphatic hydroxyl groups excluding tert-OH is 1. The number of aliphatic hydroxyl groups is 1. The van der Waals surface area contributed by atoms with Gasteiger partial charge in [0.15, 0.2) is 12.2 Å². The Kier molecular flexibility index (Phi) is 70.9. The smallest absolute Gasteiger partial charge is 0.462 e. The molecule has 0 heterocycles. The molecule has 0 spiro atoms. The molecule has 0 aromatic heterocycles. The van der Waals surface area contributed by atoms with Crippen LogP contribution in [-0.4, -0.2) is 96.7 Å². The Morgan fingerprint density at radius 2 is 0.455 bits per heavy atom. The zero-order chi connectivity index (χ0) is 74.4. The molecule has 0 bridgehead atoms. The molecule has 0 rings (SSSR count). The molecule has 0 aliphatic heterocycles. The van der Waals surface area contributed by atoms with Crippen molar-refractivity contribution in [3.8, 4) is 0 Å². The summed E-state index contributed by atoms with van der Waals surface area (Å²) in [6.07, 6.45) is 61.2. The highest BCUT2D eigenvalue weighted by Gasteiger charge is 2.30. The molecule has 19 heteroatoms. The minimum atomic E-state index is -4.96. The Bertz CT molecular complexity index is 1960. The fourth-order valence-electron chi connectivity index (χ4n) is 12.7. The van der Waals surface area contributed by atoms with Crippen molar-refractivity contribution in [1.82, 2.24) is 0 Å². The number of unbranched alkanes of at least 4 members (excludes halogenated alkanes) is 48. The van der Waals surface area contributed by atoms with Gasteiger partial charge < -0.3 is 33.8 Å². The highest BCUT2D eigenvalue weighted by atomic mass is 31.2. The number of hydrogen-bond acceptors (Lipinski definition) is 15. The van der Waals surface area contributed by atoms with E-state index in [0.29, 0.717) is 25.7 Å². The van der Waals surface area contributed by atoms with E-state index in [1.807, 2.05) is 0 Å².